The van der Waals surface area contributed by atoms with E-state index in [2.05, 4.69) is 0 Å². The molecule has 1 aromatic rings. The third-order valence-corrected chi connectivity index (χ3v) is 4.86. The minimum Gasteiger partial charge on any atom is -0.549 e. The first-order valence-corrected chi connectivity index (χ1v) is 7.50. The Morgan fingerprint density at radius 3 is 2.53 bits per heavy atom. The number of hydrogen-bond donors (Lipinski definition) is 1. The number of hydrogen-bond acceptors (Lipinski definition) is 4. The normalized spacial score (nSPS) is 15.3. The van der Waals surface area contributed by atoms with E-state index < -0.39 is 25.3 Å². The van der Waals surface area contributed by atoms with Gasteiger partial charge >= 0.3 is 0 Å². The molecule has 6 nitrogen and oxygen atoms in total. The van der Waals surface area contributed by atoms with Crippen LogP contribution in [0.4, 0.5) is 0 Å². The van der Waals surface area contributed by atoms with Crippen molar-refractivity contribution in [2.24, 2.45) is 0 Å². The molecule has 0 saturated heterocycles. The molecule has 0 saturated carbocycles. The average molecular weight is 284 g/mol. The molecule has 0 aliphatic rings. The van der Waals surface area contributed by atoms with Gasteiger partial charge < -0.3 is 19.7 Å². The zero-order chi connectivity index (χ0) is 14.5. The van der Waals surface area contributed by atoms with E-state index in [0.29, 0.717) is 12.0 Å². The van der Waals surface area contributed by atoms with Crippen molar-refractivity contribution in [2.45, 2.75) is 12.1 Å². The van der Waals surface area contributed by atoms with Crippen molar-refractivity contribution in [3.8, 4) is 0 Å². The molecule has 0 radical (unpaired) electrons. The lowest BCUT2D eigenvalue weighted by Gasteiger charge is -2.26. The molecule has 0 aliphatic heterocycles. The lowest BCUT2D eigenvalue weighted by Crippen LogP contribution is -2.39. The largest absolute Gasteiger partial charge is 0.549 e. The van der Waals surface area contributed by atoms with E-state index in [1.807, 2.05) is 0 Å². The summed E-state index contributed by atoms with van der Waals surface area (Å²) < 4.78 is 12.1. The van der Waals surface area contributed by atoms with Crippen LogP contribution in [-0.4, -0.2) is 41.2 Å². The molecule has 0 heterocycles. The van der Waals surface area contributed by atoms with Gasteiger partial charge in [0.15, 0.2) is 0 Å². The van der Waals surface area contributed by atoms with Crippen LogP contribution in [0.1, 0.15) is 5.56 Å². The number of aliphatic carboxylic acids is 1. The Balaban J connectivity index is 2.91. The minimum atomic E-state index is -4.06. The quantitative estimate of drug-likeness (QED) is 0.546. The fraction of sp³-hybridized carbons (Fsp3) is 0.333. The molecule has 1 unspecified atom stereocenters. The molecule has 7 heteroatoms. The summed E-state index contributed by atoms with van der Waals surface area (Å²) in [5.41, 5.74) is -0.906. The molecule has 0 bridgehead atoms. The standard InChI is InChI=1S/C12H16NO5P/c1-13(8-14)9-19(17,18)11(12(15)16)7-10-5-3-2-4-6-10/h2-6,8,11H,7,9H2,1H3,(H,15,16)(H,17,18)/p-1/t11-/m1/s1. The Hall–Kier alpha value is -1.65. The maximum Gasteiger partial charge on any atom is 0.228 e. The highest BCUT2D eigenvalue weighted by molar-refractivity contribution is 7.59. The number of nitrogens with zero attached hydrogens (tertiary/aromatic N) is 1. The Morgan fingerprint density at radius 1 is 1.47 bits per heavy atom. The smallest absolute Gasteiger partial charge is 0.228 e. The van der Waals surface area contributed by atoms with E-state index in [4.69, 9.17) is 0 Å². The maximum absolute atomic E-state index is 12.1. The molecule has 19 heavy (non-hydrogen) atoms. The van der Waals surface area contributed by atoms with Crippen LogP contribution in [0.5, 0.6) is 0 Å². The monoisotopic (exact) mass is 284 g/mol. The fourth-order valence-corrected chi connectivity index (χ4v) is 3.41. The summed E-state index contributed by atoms with van der Waals surface area (Å²) in [5, 5.41) is 11.1. The maximum atomic E-state index is 12.1. The SMILES string of the molecule is CN(C=O)CP(=O)(O)[C@H](Cc1ccccc1)C(=O)[O-]. The number of amides is 1. The van der Waals surface area contributed by atoms with Gasteiger partial charge in [-0.2, -0.15) is 0 Å². The average Bonchev–Trinajstić information content (AvgIpc) is 2.36. The predicted molar refractivity (Wildman–Crippen MR) is 67.5 cm³/mol. The highest BCUT2D eigenvalue weighted by Gasteiger charge is 2.33. The fourth-order valence-electron chi connectivity index (χ4n) is 1.68. The van der Waals surface area contributed by atoms with Gasteiger partial charge in [-0.15, -0.1) is 0 Å². The number of rotatable bonds is 7. The topological polar surface area (TPSA) is 97.7 Å². The summed E-state index contributed by atoms with van der Waals surface area (Å²) >= 11 is 0. The van der Waals surface area contributed by atoms with Crippen LogP contribution in [0, 0.1) is 0 Å². The molecule has 0 spiro atoms. The van der Waals surface area contributed by atoms with E-state index in [1.54, 1.807) is 30.3 Å². The number of carboxylic acid groups (broad SMARTS) is 1. The first-order chi connectivity index (χ1) is 8.86. The molecule has 0 aliphatic carbocycles. The summed E-state index contributed by atoms with van der Waals surface area (Å²) in [6.45, 7) is 0. The molecule has 1 aromatic carbocycles. The summed E-state index contributed by atoms with van der Waals surface area (Å²) in [5.74, 6) is -1.59. The van der Waals surface area contributed by atoms with Crippen molar-refractivity contribution in [2.75, 3.05) is 13.3 Å². The third-order valence-electron chi connectivity index (χ3n) is 2.64. The number of carboxylic acids is 1. The van der Waals surface area contributed by atoms with Crippen LogP contribution in [0.3, 0.4) is 0 Å². The zero-order valence-corrected chi connectivity index (χ0v) is 11.3. The lowest BCUT2D eigenvalue weighted by molar-refractivity contribution is -0.305. The second-order valence-corrected chi connectivity index (χ2v) is 6.70. The van der Waals surface area contributed by atoms with Gasteiger partial charge in [-0.25, -0.2) is 0 Å². The Morgan fingerprint density at radius 2 is 2.05 bits per heavy atom. The summed E-state index contributed by atoms with van der Waals surface area (Å²) in [6, 6.07) is 8.51. The minimum absolute atomic E-state index is 0.107. The zero-order valence-electron chi connectivity index (χ0n) is 10.4. The summed E-state index contributed by atoms with van der Waals surface area (Å²) in [6.07, 6.45) is -0.247. The number of carbonyl (C=O) groups is 2. The highest BCUT2D eigenvalue weighted by atomic mass is 31.2. The molecule has 0 fully saturated rings. The molecule has 0 aromatic heterocycles. The van der Waals surface area contributed by atoms with E-state index in [0.717, 1.165) is 4.90 Å². The first kappa shape index (κ1) is 15.4. The predicted octanol–water partition coefficient (Wildman–Crippen LogP) is -0.336. The van der Waals surface area contributed by atoms with E-state index in [-0.39, 0.29) is 6.42 Å². The molecule has 1 amide bonds. The molecule has 104 valence electrons. The Bertz CT molecular complexity index is 490. The van der Waals surface area contributed by atoms with Gasteiger partial charge in [-0.1, -0.05) is 30.3 Å². The van der Waals surface area contributed by atoms with E-state index in [9.17, 15) is 24.2 Å². The molecule has 1 rings (SSSR count). The van der Waals surface area contributed by atoms with Gasteiger partial charge in [0.25, 0.3) is 0 Å². The highest BCUT2D eigenvalue weighted by Crippen LogP contribution is 2.47. The Kier molecular flexibility index (Phi) is 5.27. The van der Waals surface area contributed by atoms with Crippen LogP contribution < -0.4 is 5.11 Å². The van der Waals surface area contributed by atoms with E-state index in [1.165, 1.54) is 7.05 Å². The van der Waals surface area contributed by atoms with E-state index >= 15 is 0 Å². The van der Waals surface area contributed by atoms with Gasteiger partial charge in [0.1, 0.15) is 0 Å². The van der Waals surface area contributed by atoms with Crippen LogP contribution in [-0.2, 0) is 20.6 Å². The number of benzene rings is 1. The van der Waals surface area contributed by atoms with Crippen molar-refractivity contribution in [3.63, 3.8) is 0 Å². The van der Waals surface area contributed by atoms with Gasteiger partial charge in [0.2, 0.25) is 13.8 Å². The van der Waals surface area contributed by atoms with Crippen LogP contribution in [0.15, 0.2) is 30.3 Å². The summed E-state index contributed by atoms with van der Waals surface area (Å²) in [7, 11) is -2.75. The summed E-state index contributed by atoms with van der Waals surface area (Å²) in [4.78, 5) is 32.3. The second kappa shape index (κ2) is 6.50. The number of carbonyl (C=O) groups excluding carboxylic acids is 2. The van der Waals surface area contributed by atoms with Crippen molar-refractivity contribution in [3.05, 3.63) is 35.9 Å². The Labute approximate surface area is 111 Å². The van der Waals surface area contributed by atoms with Crippen LogP contribution >= 0.6 is 7.37 Å². The molecule has 2 atom stereocenters. The van der Waals surface area contributed by atoms with Gasteiger partial charge in [0, 0.05) is 7.05 Å². The lowest BCUT2D eigenvalue weighted by atomic mass is 10.1. The molecular weight excluding hydrogens is 269 g/mol. The van der Waals surface area contributed by atoms with Gasteiger partial charge in [0.05, 0.1) is 17.9 Å². The van der Waals surface area contributed by atoms with Crippen molar-refractivity contribution < 1.29 is 24.2 Å². The third kappa shape index (κ3) is 4.50. The molecular formula is C12H15NO5P-. The van der Waals surface area contributed by atoms with Crippen LogP contribution in [0.25, 0.3) is 0 Å². The van der Waals surface area contributed by atoms with Crippen molar-refractivity contribution >= 4 is 19.7 Å². The first-order valence-electron chi connectivity index (χ1n) is 5.58. The van der Waals surface area contributed by atoms with Gasteiger partial charge in [-0.05, 0) is 12.0 Å². The van der Waals surface area contributed by atoms with Crippen molar-refractivity contribution in [1.82, 2.24) is 4.90 Å². The van der Waals surface area contributed by atoms with Gasteiger partial charge in [-0.3, -0.25) is 9.36 Å². The second-order valence-electron chi connectivity index (χ2n) is 4.28. The van der Waals surface area contributed by atoms with Crippen LogP contribution in [0.2, 0.25) is 0 Å². The molecule has 1 N–H and O–H groups in total. The van der Waals surface area contributed by atoms with Crippen molar-refractivity contribution in [1.29, 1.82) is 0 Å².